The fourth-order valence-electron chi connectivity index (χ4n) is 6.41. The predicted molar refractivity (Wildman–Crippen MR) is 199 cm³/mol. The number of rotatable bonds is 8. The van der Waals surface area contributed by atoms with Crippen molar-refractivity contribution in [3.8, 4) is 39.1 Å². The van der Waals surface area contributed by atoms with Crippen molar-refractivity contribution in [3.63, 3.8) is 0 Å². The second-order valence-corrected chi connectivity index (χ2v) is 14.8. The molecule has 10 heteroatoms. The molecular weight excluding hydrogens is 694 g/mol. The molecule has 2 atom stereocenters. The highest BCUT2D eigenvalue weighted by atomic mass is 31.2. The van der Waals surface area contributed by atoms with Crippen LogP contribution in [0.5, 0.6) is 5.75 Å². The summed E-state index contributed by atoms with van der Waals surface area (Å²) >= 11 is 0. The van der Waals surface area contributed by atoms with Gasteiger partial charge in [-0.15, -0.1) is 0 Å². The second-order valence-electron chi connectivity index (χ2n) is 12.0. The lowest BCUT2D eigenvalue weighted by Gasteiger charge is -2.28. The molecule has 0 aliphatic carbocycles. The molecule has 0 bridgehead atoms. The first-order chi connectivity index (χ1) is 25.4. The topological polar surface area (TPSA) is 105 Å². The zero-order valence-corrected chi connectivity index (χ0v) is 29.2. The molecule has 2 heterocycles. The zero-order valence-electron chi connectivity index (χ0n) is 27.4. The van der Waals surface area contributed by atoms with Crippen LogP contribution in [0.2, 0.25) is 0 Å². The van der Waals surface area contributed by atoms with Crippen molar-refractivity contribution < 1.29 is 37.3 Å². The molecule has 0 aromatic heterocycles. The second kappa shape index (κ2) is 14.4. The third-order valence-electron chi connectivity index (χ3n) is 8.81. The van der Waals surface area contributed by atoms with Gasteiger partial charge in [-0.3, -0.25) is 4.79 Å². The van der Waals surface area contributed by atoms with Crippen molar-refractivity contribution in [2.24, 2.45) is 0 Å². The molecule has 0 amide bonds. The molecule has 0 radical (unpaired) electrons. The quantitative estimate of drug-likeness (QED) is 0.113. The lowest BCUT2D eigenvalue weighted by atomic mass is 9.94. The average Bonchev–Trinajstić information content (AvgIpc) is 3.18. The molecule has 0 fully saturated rings. The van der Waals surface area contributed by atoms with Crippen LogP contribution in [0.3, 0.4) is 0 Å². The Morgan fingerprint density at radius 1 is 0.519 bits per heavy atom. The number of benzene rings is 6. The summed E-state index contributed by atoms with van der Waals surface area (Å²) < 4.78 is 23.2. The van der Waals surface area contributed by atoms with Crippen LogP contribution in [0.1, 0.15) is 47.0 Å². The van der Waals surface area contributed by atoms with Gasteiger partial charge in [0, 0.05) is 17.3 Å². The lowest BCUT2D eigenvalue weighted by molar-refractivity contribution is 0.0607. The first kappa shape index (κ1) is 33.2. The minimum atomic E-state index is -2.47. The summed E-state index contributed by atoms with van der Waals surface area (Å²) in [7, 11) is -4.00. The molecule has 6 aromatic carbocycles. The minimum Gasteiger partial charge on any atom is -0.441 e. The number of carbonyl (C=O) groups excluding carboxylic acids is 4. The van der Waals surface area contributed by atoms with E-state index < -0.39 is 34.7 Å². The molecule has 8 rings (SSSR count). The molecule has 52 heavy (non-hydrogen) atoms. The number of hydrogen-bond acceptors (Lipinski definition) is 8. The third-order valence-corrected chi connectivity index (χ3v) is 11.5. The minimum absolute atomic E-state index is 0.0418. The number of ketones is 1. The van der Waals surface area contributed by atoms with Crippen molar-refractivity contribution in [1.29, 1.82) is 0 Å². The van der Waals surface area contributed by atoms with E-state index in [0.29, 0.717) is 45.1 Å². The maximum Gasteiger partial charge on any atom is 0.535 e. The summed E-state index contributed by atoms with van der Waals surface area (Å²) in [6.07, 6.45) is 0.361. The van der Waals surface area contributed by atoms with Gasteiger partial charge in [-0.2, -0.15) is 0 Å². The first-order valence-electron chi connectivity index (χ1n) is 16.4. The van der Waals surface area contributed by atoms with E-state index in [2.05, 4.69) is 0 Å². The number of carbonyl (C=O) groups is 4. The van der Waals surface area contributed by atoms with Crippen molar-refractivity contribution in [2.45, 2.75) is 6.16 Å². The normalized spacial score (nSPS) is 16.0. The van der Waals surface area contributed by atoms with E-state index >= 15 is 0 Å². The molecule has 2 aliphatic rings. The Balaban J connectivity index is 1.07. The van der Waals surface area contributed by atoms with Gasteiger partial charge in [-0.25, -0.2) is 14.4 Å². The van der Waals surface area contributed by atoms with Gasteiger partial charge in [0.25, 0.3) is 0 Å². The van der Waals surface area contributed by atoms with E-state index in [-0.39, 0.29) is 23.3 Å². The van der Waals surface area contributed by atoms with Gasteiger partial charge in [0.2, 0.25) is 0 Å². The summed E-state index contributed by atoms with van der Waals surface area (Å²) in [6, 6.07) is 43.8. The molecule has 0 saturated carbocycles. The van der Waals surface area contributed by atoms with E-state index in [1.165, 1.54) is 0 Å². The molecule has 0 spiro atoms. The molecule has 2 unspecified atom stereocenters. The Morgan fingerprint density at radius 2 is 1.04 bits per heavy atom. The third kappa shape index (κ3) is 6.51. The van der Waals surface area contributed by atoms with Crippen LogP contribution < -0.4 is 4.52 Å². The van der Waals surface area contributed by atoms with E-state index in [0.717, 1.165) is 16.7 Å². The van der Waals surface area contributed by atoms with Crippen molar-refractivity contribution in [2.75, 3.05) is 6.16 Å². The van der Waals surface area contributed by atoms with E-state index in [9.17, 15) is 19.2 Å². The van der Waals surface area contributed by atoms with Crippen molar-refractivity contribution in [1.82, 2.24) is 0 Å². The highest BCUT2D eigenvalue weighted by Gasteiger charge is 2.38. The van der Waals surface area contributed by atoms with Crippen molar-refractivity contribution in [3.05, 3.63) is 173 Å². The fourth-order valence-corrected chi connectivity index (χ4v) is 9.09. The Morgan fingerprint density at radius 3 is 1.73 bits per heavy atom. The van der Waals surface area contributed by atoms with Gasteiger partial charge in [-0.1, -0.05) is 127 Å². The summed E-state index contributed by atoms with van der Waals surface area (Å²) in [4.78, 5) is 53.9. The van der Waals surface area contributed by atoms with Crippen LogP contribution in [-0.2, 0) is 19.7 Å². The summed E-state index contributed by atoms with van der Waals surface area (Å²) in [5, 5.41) is 0. The van der Waals surface area contributed by atoms with Gasteiger partial charge >= 0.3 is 26.5 Å². The van der Waals surface area contributed by atoms with Crippen molar-refractivity contribution >= 4 is 40.4 Å². The SMILES string of the molecule is O=C(CP1Cc2c(cccc2-c2cccc3c2OP(OC(=O)c2ccccc2-c2ccccc2)OC3=O)C(=O)O1)c1ccccc1-c1ccccc1. The number of hydrogen-bond donors (Lipinski definition) is 0. The zero-order chi connectivity index (χ0) is 35.6. The smallest absolute Gasteiger partial charge is 0.441 e. The van der Waals surface area contributed by atoms with Crippen LogP contribution in [0.25, 0.3) is 33.4 Å². The van der Waals surface area contributed by atoms with E-state index in [1.54, 1.807) is 48.5 Å². The molecule has 0 N–H and O–H groups in total. The number of Topliss-reactive ketones (excluding diaryl/α,β-unsaturated/α-hetero) is 1. The molecule has 6 aromatic rings. The average molecular weight is 723 g/mol. The Labute approximate surface area is 301 Å². The monoisotopic (exact) mass is 722 g/mol. The van der Waals surface area contributed by atoms with Crippen LogP contribution in [0.15, 0.2) is 146 Å². The highest BCUT2D eigenvalue weighted by molar-refractivity contribution is 7.53. The summed E-state index contributed by atoms with van der Waals surface area (Å²) in [6.45, 7) is 0. The summed E-state index contributed by atoms with van der Waals surface area (Å²) in [5.74, 6) is -1.87. The fraction of sp³-hybridized carbons (Fsp3) is 0.0476. The van der Waals surface area contributed by atoms with Gasteiger partial charge in [-0.05, 0) is 51.6 Å². The van der Waals surface area contributed by atoms with Crippen LogP contribution >= 0.6 is 16.8 Å². The molecule has 254 valence electrons. The maximum absolute atomic E-state index is 13.8. The Hall–Kier alpha value is -5.94. The number of fused-ring (bicyclic) bond motifs is 2. The first-order valence-corrected chi connectivity index (χ1v) is 19.1. The molecule has 2 aliphatic heterocycles. The van der Waals surface area contributed by atoms with Crippen LogP contribution in [0, 0.1) is 0 Å². The predicted octanol–water partition coefficient (Wildman–Crippen LogP) is 10.3. The van der Waals surface area contributed by atoms with Gasteiger partial charge in [0.05, 0.1) is 17.3 Å². The maximum atomic E-state index is 13.8. The van der Waals surface area contributed by atoms with Gasteiger partial charge in [0.1, 0.15) is 13.7 Å². The highest BCUT2D eigenvalue weighted by Crippen LogP contribution is 2.54. The largest absolute Gasteiger partial charge is 0.535 e. The van der Waals surface area contributed by atoms with Crippen LogP contribution in [0.4, 0.5) is 0 Å². The molecular formula is C42H28O8P2. The number of para-hydroxylation sites is 1. The lowest BCUT2D eigenvalue weighted by Crippen LogP contribution is -2.18. The summed E-state index contributed by atoms with van der Waals surface area (Å²) in [5.41, 5.74) is 6.44. The van der Waals surface area contributed by atoms with E-state index in [1.807, 2.05) is 97.1 Å². The molecule has 0 saturated heterocycles. The van der Waals surface area contributed by atoms with Crippen LogP contribution in [-0.4, -0.2) is 29.9 Å². The van der Waals surface area contributed by atoms with Gasteiger partial charge < -0.3 is 18.1 Å². The standard InChI is InChI=1S/C42H28O8P2/c43-38(32-19-9-7-17-29(32)27-13-3-1-4-14-27)26-51-25-37-31(21-11-23-35(37)40(44)48-51)33-22-12-24-36-39(33)47-52(50-42(36)46)49-41(45)34-20-10-8-18-30(34)28-15-5-2-6-16-28/h1-24H,25-26H2. The Bertz CT molecular complexity index is 2190. The van der Waals surface area contributed by atoms with Gasteiger partial charge in [0.15, 0.2) is 11.5 Å². The van der Waals surface area contributed by atoms with E-state index in [4.69, 9.17) is 18.1 Å². The Kier molecular flexibility index (Phi) is 9.17. The molecule has 8 nitrogen and oxygen atoms in total.